The number of nitrogens with zero attached hydrogens (tertiary/aromatic N) is 2. The van der Waals surface area contributed by atoms with Crippen LogP contribution in [0, 0.1) is 24.7 Å². The zero-order valence-corrected chi connectivity index (χ0v) is 22.4. The van der Waals surface area contributed by atoms with Crippen molar-refractivity contribution in [3.63, 3.8) is 0 Å². The number of amides is 1. The average Bonchev–Trinajstić information content (AvgIpc) is 3.05. The molecular formula is C25H33ClN6O3S. The van der Waals surface area contributed by atoms with Gasteiger partial charge in [-0.3, -0.25) is 25.5 Å². The molecule has 1 aliphatic rings. The van der Waals surface area contributed by atoms with Gasteiger partial charge >= 0.3 is 0 Å². The van der Waals surface area contributed by atoms with E-state index in [0.29, 0.717) is 50.3 Å². The summed E-state index contributed by atoms with van der Waals surface area (Å²) in [4.78, 5) is 20.4. The Hall–Kier alpha value is -2.63. The molecule has 0 saturated heterocycles. The van der Waals surface area contributed by atoms with Crippen LogP contribution in [0.25, 0.3) is 0 Å². The lowest BCUT2D eigenvalue weighted by Crippen LogP contribution is -2.42. The first-order valence-electron chi connectivity index (χ1n) is 11.7. The molecule has 0 radical (unpaired) electrons. The predicted molar refractivity (Wildman–Crippen MR) is 147 cm³/mol. The van der Waals surface area contributed by atoms with Gasteiger partial charge in [-0.2, -0.15) is 0 Å². The van der Waals surface area contributed by atoms with E-state index in [1.807, 2.05) is 26.0 Å². The minimum Gasteiger partial charge on any atom is -0.378 e. The minimum absolute atomic E-state index is 0.0215. The van der Waals surface area contributed by atoms with Crippen LogP contribution in [0.3, 0.4) is 0 Å². The van der Waals surface area contributed by atoms with Crippen molar-refractivity contribution in [1.82, 2.24) is 5.32 Å². The number of ether oxygens (including phenoxy) is 2. The van der Waals surface area contributed by atoms with E-state index in [9.17, 15) is 4.79 Å². The van der Waals surface area contributed by atoms with Gasteiger partial charge in [-0.05, 0) is 38.5 Å². The molecule has 5 N–H and O–H groups in total. The molecule has 0 saturated carbocycles. The highest BCUT2D eigenvalue weighted by Gasteiger charge is 2.34. The monoisotopic (exact) mass is 532 g/mol. The van der Waals surface area contributed by atoms with Gasteiger partial charge in [0.1, 0.15) is 22.7 Å². The second-order valence-corrected chi connectivity index (χ2v) is 9.98. The molecular weight excluding hydrogens is 500 g/mol. The molecule has 11 heteroatoms. The van der Waals surface area contributed by atoms with Crippen LogP contribution in [0.1, 0.15) is 34.9 Å². The molecule has 0 fully saturated rings. The Bertz CT molecular complexity index is 1130. The first-order chi connectivity index (χ1) is 17.2. The van der Waals surface area contributed by atoms with Crippen LogP contribution in [0.4, 0.5) is 5.00 Å². The van der Waals surface area contributed by atoms with Crippen molar-refractivity contribution in [2.75, 3.05) is 44.4 Å². The van der Waals surface area contributed by atoms with E-state index in [0.717, 1.165) is 26.6 Å². The first-order valence-corrected chi connectivity index (χ1v) is 12.9. The number of carbonyl (C=O) groups excluding carboxylic acids is 1. The summed E-state index contributed by atoms with van der Waals surface area (Å²) in [5.41, 5.74) is 8.82. The maximum atomic E-state index is 12.8. The van der Waals surface area contributed by atoms with E-state index < -0.39 is 6.04 Å². The van der Waals surface area contributed by atoms with Crippen LogP contribution in [0.2, 0.25) is 5.02 Å². The molecule has 2 heterocycles. The fourth-order valence-electron chi connectivity index (χ4n) is 3.80. The van der Waals surface area contributed by atoms with E-state index in [1.165, 1.54) is 11.3 Å². The van der Waals surface area contributed by atoms with Crippen molar-refractivity contribution in [2.45, 2.75) is 33.2 Å². The summed E-state index contributed by atoms with van der Waals surface area (Å²) in [5, 5.41) is 21.5. The van der Waals surface area contributed by atoms with Gasteiger partial charge in [0.05, 0.1) is 38.6 Å². The van der Waals surface area contributed by atoms with Gasteiger partial charge in [-0.25, -0.2) is 0 Å². The van der Waals surface area contributed by atoms with Crippen LogP contribution in [0.15, 0.2) is 29.3 Å². The van der Waals surface area contributed by atoms with E-state index >= 15 is 0 Å². The number of hydrogen-bond donors (Lipinski definition) is 4. The molecule has 194 valence electrons. The molecule has 1 aromatic carbocycles. The molecule has 1 aromatic heterocycles. The number of hydrogen-bond acceptors (Lipinski definition) is 8. The fourth-order valence-corrected chi connectivity index (χ4v) is 5.15. The number of halogens is 1. The number of nitrogens with two attached hydrogens (primary N) is 1. The molecule has 1 amide bonds. The summed E-state index contributed by atoms with van der Waals surface area (Å²) in [6.45, 7) is 8.20. The van der Waals surface area contributed by atoms with Crippen LogP contribution in [-0.4, -0.2) is 68.8 Å². The van der Waals surface area contributed by atoms with E-state index in [4.69, 9.17) is 42.6 Å². The highest BCUT2D eigenvalue weighted by Crippen LogP contribution is 2.40. The summed E-state index contributed by atoms with van der Waals surface area (Å²) in [5.74, 6) is 0.0517. The molecule has 36 heavy (non-hydrogen) atoms. The van der Waals surface area contributed by atoms with E-state index in [2.05, 4.69) is 5.32 Å². The Balaban J connectivity index is 1.81. The largest absolute Gasteiger partial charge is 0.378 e. The predicted octanol–water partition coefficient (Wildman–Crippen LogP) is 3.52. The third-order valence-corrected chi connectivity index (χ3v) is 7.13. The number of aliphatic imine (C=N–C) groups is 1. The van der Waals surface area contributed by atoms with Gasteiger partial charge in [-0.15, -0.1) is 11.3 Å². The molecule has 1 aliphatic heterocycles. The number of aryl methyl sites for hydroxylation is 1. The van der Waals surface area contributed by atoms with Crippen molar-refractivity contribution in [2.24, 2.45) is 10.7 Å². The van der Waals surface area contributed by atoms with E-state index in [-0.39, 0.29) is 24.0 Å². The van der Waals surface area contributed by atoms with Crippen molar-refractivity contribution < 1.29 is 14.3 Å². The quantitative estimate of drug-likeness (QED) is 0.199. The van der Waals surface area contributed by atoms with Crippen LogP contribution in [-0.2, 0) is 14.3 Å². The Labute approximate surface area is 220 Å². The lowest BCUT2D eigenvalue weighted by molar-refractivity contribution is -0.121. The number of amidine groups is 2. The molecule has 3 rings (SSSR count). The zero-order valence-electron chi connectivity index (χ0n) is 20.8. The van der Waals surface area contributed by atoms with Crippen LogP contribution >= 0.6 is 22.9 Å². The Morgan fingerprint density at radius 1 is 1.19 bits per heavy atom. The minimum atomic E-state index is -0.763. The number of anilines is 1. The molecule has 0 spiro atoms. The normalized spacial score (nSPS) is 15.4. The topological polar surface area (TPSA) is 137 Å². The number of benzene rings is 1. The van der Waals surface area contributed by atoms with Crippen LogP contribution in [0.5, 0.6) is 0 Å². The van der Waals surface area contributed by atoms with Gasteiger partial charge in [0.2, 0.25) is 5.91 Å². The molecule has 9 nitrogen and oxygen atoms in total. The highest BCUT2D eigenvalue weighted by molar-refractivity contribution is 7.17. The molecule has 0 unspecified atom stereocenters. The molecule has 2 aromatic rings. The molecule has 0 aliphatic carbocycles. The maximum Gasteiger partial charge on any atom is 0.222 e. The van der Waals surface area contributed by atoms with Crippen LogP contribution < -0.4 is 16.0 Å². The second-order valence-electron chi connectivity index (χ2n) is 8.34. The second kappa shape index (κ2) is 13.1. The Morgan fingerprint density at radius 2 is 1.86 bits per heavy atom. The number of thiophene rings is 1. The lowest BCUT2D eigenvalue weighted by Gasteiger charge is -2.24. The summed E-state index contributed by atoms with van der Waals surface area (Å²) in [7, 11) is 0. The Kier molecular flexibility index (Phi) is 10.1. The van der Waals surface area contributed by atoms with Crippen molar-refractivity contribution in [3.05, 3.63) is 50.9 Å². The molecule has 0 bridgehead atoms. The Morgan fingerprint density at radius 3 is 2.50 bits per heavy atom. The number of fused-ring (bicyclic) bond motifs is 1. The van der Waals surface area contributed by atoms with Gasteiger partial charge < -0.3 is 20.5 Å². The smallest absolute Gasteiger partial charge is 0.222 e. The van der Waals surface area contributed by atoms with Crippen molar-refractivity contribution in [3.8, 4) is 0 Å². The highest BCUT2D eigenvalue weighted by atomic mass is 35.5. The van der Waals surface area contributed by atoms with Crippen molar-refractivity contribution >= 4 is 51.2 Å². The summed E-state index contributed by atoms with van der Waals surface area (Å²) >= 11 is 7.65. The standard InChI is InChI=1S/C25H33ClN6O3S/c1-15-16(2)36-25-22(15)23(18-4-6-19(26)7-5-18)31-20(24(29)32(25)17(3)28)14-21(33)30-9-11-35-13-12-34-10-8-27/h4-7,20,28-29H,8-14,27H2,1-3H3,(H,30,33)/t20-/m0/s1. The molecule has 1 atom stereocenters. The van der Waals surface area contributed by atoms with Gasteiger partial charge in [0.15, 0.2) is 0 Å². The van der Waals surface area contributed by atoms with Gasteiger partial charge in [0, 0.05) is 34.1 Å². The SMILES string of the molecule is CC(=N)N1C(=N)[C@H](CC(=O)NCCOCCOCCN)N=C(c2ccc(Cl)cc2)c2c1sc(C)c2C. The van der Waals surface area contributed by atoms with E-state index in [1.54, 1.807) is 24.0 Å². The van der Waals surface area contributed by atoms with Crippen molar-refractivity contribution in [1.29, 1.82) is 10.8 Å². The summed E-state index contributed by atoms with van der Waals surface area (Å²) in [6.07, 6.45) is -0.0215. The number of rotatable bonds is 11. The third kappa shape index (κ3) is 6.77. The third-order valence-electron chi connectivity index (χ3n) is 5.68. The zero-order chi connectivity index (χ0) is 26.2. The number of carbonyl (C=O) groups is 1. The number of nitrogens with one attached hydrogen (secondary N) is 3. The van der Waals surface area contributed by atoms with Gasteiger partial charge in [-0.1, -0.05) is 23.7 Å². The summed E-state index contributed by atoms with van der Waals surface area (Å²) < 4.78 is 10.7. The maximum absolute atomic E-state index is 12.8. The fraction of sp³-hybridized carbons (Fsp3) is 0.440. The van der Waals surface area contributed by atoms with Gasteiger partial charge in [0.25, 0.3) is 0 Å². The first kappa shape index (κ1) is 27.9. The lowest BCUT2D eigenvalue weighted by atomic mass is 9.99. The summed E-state index contributed by atoms with van der Waals surface area (Å²) in [6, 6.07) is 6.61. The average molecular weight is 533 g/mol.